The van der Waals surface area contributed by atoms with Gasteiger partial charge >= 0.3 is 0 Å². The summed E-state index contributed by atoms with van der Waals surface area (Å²) in [6.07, 6.45) is 0. The summed E-state index contributed by atoms with van der Waals surface area (Å²) < 4.78 is 0. The first kappa shape index (κ1) is 15.1. The maximum Gasteiger partial charge on any atom is 0.243 e. The summed E-state index contributed by atoms with van der Waals surface area (Å²) in [7, 11) is 0. The highest BCUT2D eigenvalue weighted by Gasteiger charge is 2.05. The smallest absolute Gasteiger partial charge is 0.243 e. The monoisotopic (exact) mass is 282 g/mol. The third-order valence-electron chi connectivity index (χ3n) is 3.62. The maximum absolute atomic E-state index is 12.0. The third-order valence-corrected chi connectivity index (χ3v) is 3.62. The molecular weight excluding hydrogens is 260 g/mol. The molecular formula is C18H22N2O. The molecule has 3 heteroatoms. The van der Waals surface area contributed by atoms with Crippen LogP contribution >= 0.6 is 0 Å². The van der Waals surface area contributed by atoms with Crippen LogP contribution in [0.4, 0.5) is 11.4 Å². The topological polar surface area (TPSA) is 41.1 Å². The molecule has 0 saturated heterocycles. The Morgan fingerprint density at radius 2 is 1.62 bits per heavy atom. The number of carbonyl (C=O) groups is 1. The molecule has 0 bridgehead atoms. The van der Waals surface area contributed by atoms with E-state index in [1.54, 1.807) is 0 Å². The Hall–Kier alpha value is -2.29. The minimum absolute atomic E-state index is 0.0424. The van der Waals surface area contributed by atoms with Crippen LogP contribution in [0.15, 0.2) is 36.4 Å². The van der Waals surface area contributed by atoms with Crippen molar-refractivity contribution in [3.05, 3.63) is 58.7 Å². The van der Waals surface area contributed by atoms with Crippen LogP contribution in [0.3, 0.4) is 0 Å². The largest absolute Gasteiger partial charge is 0.376 e. The zero-order chi connectivity index (χ0) is 15.4. The van der Waals surface area contributed by atoms with E-state index in [4.69, 9.17) is 0 Å². The molecule has 0 fully saturated rings. The molecule has 2 rings (SSSR count). The minimum Gasteiger partial charge on any atom is -0.376 e. The average Bonchev–Trinajstić information content (AvgIpc) is 2.44. The molecule has 21 heavy (non-hydrogen) atoms. The highest BCUT2D eigenvalue weighted by atomic mass is 16.1. The van der Waals surface area contributed by atoms with Crippen molar-refractivity contribution in [1.82, 2.24) is 0 Å². The molecule has 110 valence electrons. The number of nitrogens with one attached hydrogen (secondary N) is 2. The van der Waals surface area contributed by atoms with Gasteiger partial charge in [-0.2, -0.15) is 0 Å². The number of carbonyl (C=O) groups excluding carboxylic acids is 1. The van der Waals surface area contributed by atoms with Gasteiger partial charge in [0.1, 0.15) is 0 Å². The van der Waals surface area contributed by atoms with Gasteiger partial charge in [-0.15, -0.1) is 0 Å². The Morgan fingerprint density at radius 1 is 0.905 bits per heavy atom. The molecule has 2 aromatic carbocycles. The van der Waals surface area contributed by atoms with Crippen molar-refractivity contribution < 1.29 is 4.79 Å². The van der Waals surface area contributed by atoms with E-state index < -0.39 is 0 Å². The molecule has 2 N–H and O–H groups in total. The van der Waals surface area contributed by atoms with E-state index in [1.807, 2.05) is 39.0 Å². The number of aryl methyl sites for hydroxylation is 4. The first-order valence-electron chi connectivity index (χ1n) is 7.14. The molecule has 0 aliphatic heterocycles. The molecule has 0 atom stereocenters. The van der Waals surface area contributed by atoms with Crippen molar-refractivity contribution in [3.8, 4) is 0 Å². The Morgan fingerprint density at radius 3 is 2.33 bits per heavy atom. The molecule has 0 aromatic heterocycles. The molecule has 0 saturated carbocycles. The fourth-order valence-corrected chi connectivity index (χ4v) is 2.13. The Balaban J connectivity index is 1.95. The number of anilines is 2. The fourth-order valence-electron chi connectivity index (χ4n) is 2.13. The Labute approximate surface area is 126 Å². The van der Waals surface area contributed by atoms with E-state index >= 15 is 0 Å². The molecule has 1 amide bonds. The summed E-state index contributed by atoms with van der Waals surface area (Å²) in [5.74, 6) is -0.0424. The molecule has 0 heterocycles. The van der Waals surface area contributed by atoms with Crippen molar-refractivity contribution in [2.75, 3.05) is 17.2 Å². The number of rotatable bonds is 4. The summed E-state index contributed by atoms with van der Waals surface area (Å²) in [5, 5.41) is 6.10. The van der Waals surface area contributed by atoms with Crippen LogP contribution in [0.1, 0.15) is 22.3 Å². The van der Waals surface area contributed by atoms with Gasteiger partial charge in [0.25, 0.3) is 0 Å². The highest BCUT2D eigenvalue weighted by molar-refractivity contribution is 5.94. The van der Waals surface area contributed by atoms with Crippen molar-refractivity contribution in [1.29, 1.82) is 0 Å². The first-order chi connectivity index (χ1) is 9.95. The average molecular weight is 282 g/mol. The van der Waals surface area contributed by atoms with E-state index in [0.717, 1.165) is 16.9 Å². The van der Waals surface area contributed by atoms with E-state index in [0.29, 0.717) is 0 Å². The van der Waals surface area contributed by atoms with Gasteiger partial charge in [-0.05, 0) is 68.1 Å². The quantitative estimate of drug-likeness (QED) is 0.891. The van der Waals surface area contributed by atoms with Crippen LogP contribution in [-0.4, -0.2) is 12.5 Å². The van der Waals surface area contributed by atoms with Gasteiger partial charge in [0.05, 0.1) is 6.54 Å². The summed E-state index contributed by atoms with van der Waals surface area (Å²) in [6.45, 7) is 8.43. The number of hydrogen-bond acceptors (Lipinski definition) is 2. The summed E-state index contributed by atoms with van der Waals surface area (Å²) in [5.41, 5.74) is 6.56. The van der Waals surface area contributed by atoms with Crippen molar-refractivity contribution in [2.24, 2.45) is 0 Å². The van der Waals surface area contributed by atoms with Crippen molar-refractivity contribution in [2.45, 2.75) is 27.7 Å². The van der Waals surface area contributed by atoms with Gasteiger partial charge in [0, 0.05) is 11.4 Å². The molecule has 0 aliphatic rings. The van der Waals surface area contributed by atoms with Crippen molar-refractivity contribution in [3.63, 3.8) is 0 Å². The summed E-state index contributed by atoms with van der Waals surface area (Å²) in [6, 6.07) is 12.1. The Bertz CT molecular complexity index is 662. The SMILES string of the molecule is Cc1ccc(C)c(NCC(=O)Nc2ccc(C)c(C)c2)c1. The van der Waals surface area contributed by atoms with Gasteiger partial charge in [0.15, 0.2) is 0 Å². The second-order valence-corrected chi connectivity index (χ2v) is 5.52. The summed E-state index contributed by atoms with van der Waals surface area (Å²) in [4.78, 5) is 12.0. The number of hydrogen-bond donors (Lipinski definition) is 2. The predicted molar refractivity (Wildman–Crippen MR) is 89.0 cm³/mol. The van der Waals surface area contributed by atoms with E-state index in [9.17, 15) is 4.79 Å². The predicted octanol–water partition coefficient (Wildman–Crippen LogP) is 3.97. The molecule has 0 spiro atoms. The van der Waals surface area contributed by atoms with Gasteiger partial charge in [-0.25, -0.2) is 0 Å². The van der Waals surface area contributed by atoms with Crippen LogP contribution in [0, 0.1) is 27.7 Å². The highest BCUT2D eigenvalue weighted by Crippen LogP contribution is 2.17. The normalized spacial score (nSPS) is 10.3. The Kier molecular flexibility index (Phi) is 4.63. The van der Waals surface area contributed by atoms with Crippen LogP contribution in [0.25, 0.3) is 0 Å². The van der Waals surface area contributed by atoms with Crippen LogP contribution in [-0.2, 0) is 4.79 Å². The van der Waals surface area contributed by atoms with Crippen LogP contribution in [0.2, 0.25) is 0 Å². The second-order valence-electron chi connectivity index (χ2n) is 5.52. The second kappa shape index (κ2) is 6.44. The molecule has 0 aliphatic carbocycles. The van der Waals surface area contributed by atoms with E-state index in [1.165, 1.54) is 16.7 Å². The number of amides is 1. The van der Waals surface area contributed by atoms with Gasteiger partial charge in [0.2, 0.25) is 5.91 Å². The van der Waals surface area contributed by atoms with E-state index in [-0.39, 0.29) is 12.5 Å². The van der Waals surface area contributed by atoms with Crippen LogP contribution < -0.4 is 10.6 Å². The number of benzene rings is 2. The van der Waals surface area contributed by atoms with Gasteiger partial charge in [-0.1, -0.05) is 18.2 Å². The first-order valence-corrected chi connectivity index (χ1v) is 7.14. The third kappa shape index (κ3) is 4.09. The lowest BCUT2D eigenvalue weighted by molar-refractivity contribution is -0.114. The van der Waals surface area contributed by atoms with Crippen LogP contribution in [0.5, 0.6) is 0 Å². The minimum atomic E-state index is -0.0424. The van der Waals surface area contributed by atoms with Gasteiger partial charge in [-0.3, -0.25) is 4.79 Å². The molecule has 0 unspecified atom stereocenters. The molecule has 2 aromatic rings. The zero-order valence-corrected chi connectivity index (χ0v) is 13.1. The molecule has 0 radical (unpaired) electrons. The lowest BCUT2D eigenvalue weighted by Crippen LogP contribution is -2.22. The maximum atomic E-state index is 12.0. The van der Waals surface area contributed by atoms with Crippen molar-refractivity contribution >= 4 is 17.3 Å². The fraction of sp³-hybridized carbons (Fsp3) is 0.278. The standard InChI is InChI=1S/C18H22N2O/c1-12-5-6-14(3)17(9-12)19-11-18(21)20-16-8-7-13(2)15(4)10-16/h5-10,19H,11H2,1-4H3,(H,20,21). The molecule has 3 nitrogen and oxygen atoms in total. The zero-order valence-electron chi connectivity index (χ0n) is 13.1. The van der Waals surface area contributed by atoms with E-state index in [2.05, 4.69) is 35.8 Å². The summed E-state index contributed by atoms with van der Waals surface area (Å²) >= 11 is 0. The van der Waals surface area contributed by atoms with Gasteiger partial charge < -0.3 is 10.6 Å². The lowest BCUT2D eigenvalue weighted by atomic mass is 10.1. The lowest BCUT2D eigenvalue weighted by Gasteiger charge is -2.11.